The van der Waals surface area contributed by atoms with Gasteiger partial charge in [-0.1, -0.05) is 0 Å². The number of primary amides is 1. The summed E-state index contributed by atoms with van der Waals surface area (Å²) in [5.41, 5.74) is 5.71. The van der Waals surface area contributed by atoms with Gasteiger partial charge < -0.3 is 25.8 Å². The lowest BCUT2D eigenvalue weighted by molar-refractivity contribution is -0.123. The fourth-order valence-electron chi connectivity index (χ4n) is 4.32. The van der Waals surface area contributed by atoms with Crippen molar-refractivity contribution < 1.29 is 13.6 Å². The summed E-state index contributed by atoms with van der Waals surface area (Å²) in [6.07, 6.45) is 3.85. The van der Waals surface area contributed by atoms with E-state index in [2.05, 4.69) is 20.1 Å². The van der Waals surface area contributed by atoms with E-state index in [-0.39, 0.29) is 35.8 Å². The Labute approximate surface area is 206 Å². The minimum atomic E-state index is -0.423. The molecule has 2 aliphatic rings. The van der Waals surface area contributed by atoms with Gasteiger partial charge in [0, 0.05) is 51.8 Å². The van der Waals surface area contributed by atoms with Crippen LogP contribution >= 0.6 is 24.0 Å². The number of unbranched alkanes of at least 4 members (excludes halogenated alkanes) is 1. The number of amides is 1. The molecule has 3 rings (SSSR count). The van der Waals surface area contributed by atoms with Crippen LogP contribution in [0.2, 0.25) is 0 Å². The minimum Gasteiger partial charge on any atom is -0.369 e. The SMILES string of the molecule is CN=C(NCCCCN1CCC(C(N)=O)CC1)N1CCN(c2cc(F)ccc2F)CC1.I. The largest absolute Gasteiger partial charge is 0.369 e. The second-order valence-corrected chi connectivity index (χ2v) is 8.27. The van der Waals surface area contributed by atoms with Crippen molar-refractivity contribution in [3.05, 3.63) is 29.8 Å². The predicted octanol–water partition coefficient (Wildman–Crippen LogP) is 2.26. The van der Waals surface area contributed by atoms with Gasteiger partial charge >= 0.3 is 0 Å². The average Bonchev–Trinajstić information content (AvgIpc) is 2.78. The maximum Gasteiger partial charge on any atom is 0.220 e. The van der Waals surface area contributed by atoms with Crippen molar-refractivity contribution in [1.29, 1.82) is 0 Å². The molecule has 2 fully saturated rings. The number of likely N-dealkylation sites (tertiary alicyclic amines) is 1. The monoisotopic (exact) mass is 564 g/mol. The van der Waals surface area contributed by atoms with Crippen molar-refractivity contribution in [3.63, 3.8) is 0 Å². The van der Waals surface area contributed by atoms with E-state index in [0.717, 1.165) is 63.9 Å². The van der Waals surface area contributed by atoms with Gasteiger partial charge in [0.25, 0.3) is 0 Å². The molecule has 0 saturated carbocycles. The maximum absolute atomic E-state index is 14.0. The van der Waals surface area contributed by atoms with E-state index < -0.39 is 11.6 Å². The first-order valence-electron chi connectivity index (χ1n) is 11.1. The van der Waals surface area contributed by atoms with Gasteiger partial charge in [-0.05, 0) is 57.5 Å². The molecule has 10 heteroatoms. The molecule has 2 saturated heterocycles. The van der Waals surface area contributed by atoms with Crippen molar-refractivity contribution in [2.45, 2.75) is 25.7 Å². The number of rotatable bonds is 7. The topological polar surface area (TPSA) is 77.2 Å². The molecular weight excluding hydrogens is 529 g/mol. The summed E-state index contributed by atoms with van der Waals surface area (Å²) in [7, 11) is 1.77. The summed E-state index contributed by atoms with van der Waals surface area (Å²) >= 11 is 0. The summed E-state index contributed by atoms with van der Waals surface area (Å²) < 4.78 is 27.5. The van der Waals surface area contributed by atoms with Crippen LogP contribution in [0.3, 0.4) is 0 Å². The lowest BCUT2D eigenvalue weighted by Gasteiger charge is -2.37. The van der Waals surface area contributed by atoms with Crippen molar-refractivity contribution in [3.8, 4) is 0 Å². The molecule has 0 bridgehead atoms. The Hall–Kier alpha value is -1.69. The van der Waals surface area contributed by atoms with Gasteiger partial charge in [-0.2, -0.15) is 0 Å². The summed E-state index contributed by atoms with van der Waals surface area (Å²) in [6.45, 7) is 6.38. The molecule has 1 aromatic carbocycles. The Bertz CT molecular complexity index is 765. The number of carbonyl (C=O) groups excluding carboxylic acids is 1. The second-order valence-electron chi connectivity index (χ2n) is 8.27. The van der Waals surface area contributed by atoms with E-state index in [1.165, 1.54) is 12.1 Å². The van der Waals surface area contributed by atoms with Crippen molar-refractivity contribution in [2.24, 2.45) is 16.6 Å². The van der Waals surface area contributed by atoms with Crippen molar-refractivity contribution >= 4 is 41.5 Å². The number of piperidine rings is 1. The summed E-state index contributed by atoms with van der Waals surface area (Å²) in [6, 6.07) is 3.58. The molecule has 0 aromatic heterocycles. The molecule has 2 aliphatic heterocycles. The van der Waals surface area contributed by atoms with Crippen molar-refractivity contribution in [1.82, 2.24) is 15.1 Å². The van der Waals surface area contributed by atoms with Crippen LogP contribution in [0.25, 0.3) is 0 Å². The van der Waals surface area contributed by atoms with E-state index in [9.17, 15) is 13.6 Å². The Morgan fingerprint density at radius 2 is 1.81 bits per heavy atom. The quantitative estimate of drug-likeness (QED) is 0.230. The molecule has 180 valence electrons. The zero-order valence-electron chi connectivity index (χ0n) is 18.7. The molecule has 32 heavy (non-hydrogen) atoms. The summed E-state index contributed by atoms with van der Waals surface area (Å²) in [5, 5.41) is 3.42. The number of nitrogens with two attached hydrogens (primary N) is 1. The molecule has 0 radical (unpaired) electrons. The first-order valence-corrected chi connectivity index (χ1v) is 11.1. The van der Waals surface area contributed by atoms with Crippen LogP contribution in [0.5, 0.6) is 0 Å². The van der Waals surface area contributed by atoms with Crippen molar-refractivity contribution in [2.75, 3.05) is 64.3 Å². The van der Waals surface area contributed by atoms with Crippen LogP contribution in [-0.2, 0) is 4.79 Å². The highest BCUT2D eigenvalue weighted by Gasteiger charge is 2.23. The molecule has 0 spiro atoms. The number of halogens is 3. The van der Waals surface area contributed by atoms with E-state index in [1.807, 2.05) is 4.90 Å². The number of hydrogen-bond donors (Lipinski definition) is 2. The Morgan fingerprint density at radius 1 is 1.12 bits per heavy atom. The Kier molecular flexibility index (Phi) is 10.9. The van der Waals surface area contributed by atoms with Crippen LogP contribution in [0.4, 0.5) is 14.5 Å². The minimum absolute atomic E-state index is 0. The summed E-state index contributed by atoms with van der Waals surface area (Å²) in [5.74, 6) is -0.0948. The van der Waals surface area contributed by atoms with Crippen LogP contribution in [-0.4, -0.2) is 81.1 Å². The van der Waals surface area contributed by atoms with Gasteiger partial charge in [0.1, 0.15) is 11.6 Å². The third-order valence-corrected chi connectivity index (χ3v) is 6.21. The third kappa shape index (κ3) is 7.43. The van der Waals surface area contributed by atoms with E-state index in [1.54, 1.807) is 7.05 Å². The number of hydrogen-bond acceptors (Lipinski definition) is 4. The van der Waals surface area contributed by atoms with Gasteiger partial charge in [0.05, 0.1) is 5.69 Å². The fraction of sp³-hybridized carbons (Fsp3) is 0.636. The first-order chi connectivity index (χ1) is 15.0. The third-order valence-electron chi connectivity index (χ3n) is 6.21. The molecular formula is C22H35F2IN6O. The molecule has 2 heterocycles. The zero-order valence-corrected chi connectivity index (χ0v) is 21.1. The molecule has 7 nitrogen and oxygen atoms in total. The Balaban J connectivity index is 0.00000363. The van der Waals surface area contributed by atoms with Gasteiger partial charge in [0.2, 0.25) is 5.91 Å². The fourth-order valence-corrected chi connectivity index (χ4v) is 4.32. The number of benzene rings is 1. The lowest BCUT2D eigenvalue weighted by atomic mass is 9.96. The average molecular weight is 564 g/mol. The Morgan fingerprint density at radius 3 is 2.44 bits per heavy atom. The molecule has 0 aliphatic carbocycles. The van der Waals surface area contributed by atoms with Crippen LogP contribution < -0.4 is 16.0 Å². The highest BCUT2D eigenvalue weighted by atomic mass is 127. The standard InChI is InChI=1S/C22H34F2N6O.HI/c1-26-22(27-8-2-3-9-28-10-6-17(7-11-28)21(25)31)30-14-12-29(13-15-30)20-16-18(23)4-5-19(20)24;/h4-5,16-17H,2-3,6-15H2,1H3,(H2,25,31)(H,26,27);1H. The number of guanidine groups is 1. The van der Waals surface area contributed by atoms with E-state index >= 15 is 0 Å². The highest BCUT2D eigenvalue weighted by Crippen LogP contribution is 2.22. The molecule has 3 N–H and O–H groups in total. The smallest absolute Gasteiger partial charge is 0.220 e. The predicted molar refractivity (Wildman–Crippen MR) is 135 cm³/mol. The lowest BCUT2D eigenvalue weighted by Crippen LogP contribution is -2.52. The number of carbonyl (C=O) groups is 1. The molecule has 1 aromatic rings. The number of anilines is 1. The van der Waals surface area contributed by atoms with Crippen LogP contribution in [0, 0.1) is 17.6 Å². The maximum atomic E-state index is 14.0. The van der Waals surface area contributed by atoms with Crippen LogP contribution in [0.15, 0.2) is 23.2 Å². The number of nitrogens with zero attached hydrogens (tertiary/aromatic N) is 4. The van der Waals surface area contributed by atoms with Gasteiger partial charge in [-0.15, -0.1) is 24.0 Å². The first kappa shape index (κ1) is 26.6. The molecule has 1 amide bonds. The molecule has 0 atom stereocenters. The second kappa shape index (κ2) is 13.1. The number of piperazine rings is 1. The normalized spacial score (nSPS) is 18.4. The van der Waals surface area contributed by atoms with Gasteiger partial charge in [-0.3, -0.25) is 9.79 Å². The van der Waals surface area contributed by atoms with Gasteiger partial charge in [0.15, 0.2) is 5.96 Å². The van der Waals surface area contributed by atoms with Gasteiger partial charge in [-0.25, -0.2) is 8.78 Å². The highest BCUT2D eigenvalue weighted by molar-refractivity contribution is 14.0. The zero-order chi connectivity index (χ0) is 22.2. The molecule has 0 unspecified atom stereocenters. The van der Waals surface area contributed by atoms with Crippen LogP contribution in [0.1, 0.15) is 25.7 Å². The summed E-state index contributed by atoms with van der Waals surface area (Å²) in [4.78, 5) is 22.1. The number of aliphatic imine (C=N–C) groups is 1. The van der Waals surface area contributed by atoms with E-state index in [0.29, 0.717) is 31.9 Å². The van der Waals surface area contributed by atoms with E-state index in [4.69, 9.17) is 5.73 Å². The number of nitrogens with one attached hydrogen (secondary N) is 1.